The molecule has 0 aliphatic heterocycles. The number of nitrogens with one attached hydrogen (secondary N) is 1. The Balaban J connectivity index is 2.16. The molecule has 0 radical (unpaired) electrons. The molecule has 1 nitrogen and oxygen atoms in total. The minimum Gasteiger partial charge on any atom is -0.380 e. The minimum absolute atomic E-state index is 0.170. The van der Waals surface area contributed by atoms with Crippen LogP contribution in [0.3, 0.4) is 0 Å². The van der Waals surface area contributed by atoms with Crippen LogP contribution < -0.4 is 5.32 Å². The van der Waals surface area contributed by atoms with Crippen molar-refractivity contribution in [1.82, 2.24) is 0 Å². The van der Waals surface area contributed by atoms with E-state index < -0.39 is 0 Å². The van der Waals surface area contributed by atoms with E-state index in [0.717, 1.165) is 21.3 Å². The smallest absolute Gasteiger partial charge is 0.128 e. The molecule has 18 heavy (non-hydrogen) atoms. The molecule has 0 aliphatic rings. The number of benzene rings is 2. The average Bonchev–Trinajstić information content (AvgIpc) is 2.35. The highest BCUT2D eigenvalue weighted by molar-refractivity contribution is 9.10. The maximum atomic E-state index is 13.6. The molecule has 0 aliphatic carbocycles. The summed E-state index contributed by atoms with van der Waals surface area (Å²) < 4.78 is 14.6. The zero-order valence-electron chi connectivity index (χ0n) is 10.4. The lowest BCUT2D eigenvalue weighted by molar-refractivity contribution is 0.612. The molecular weight excluding hydrogens is 293 g/mol. The van der Waals surface area contributed by atoms with Crippen molar-refractivity contribution in [3.05, 3.63) is 63.4 Å². The largest absolute Gasteiger partial charge is 0.380 e. The maximum Gasteiger partial charge on any atom is 0.128 e. The summed E-state index contributed by atoms with van der Waals surface area (Å²) in [6, 6.07) is 11.1. The quantitative estimate of drug-likeness (QED) is 0.857. The molecule has 2 aromatic carbocycles. The van der Waals surface area contributed by atoms with Crippen LogP contribution in [0.25, 0.3) is 0 Å². The molecule has 0 saturated heterocycles. The number of aryl methyl sites for hydroxylation is 2. The fourth-order valence-corrected chi connectivity index (χ4v) is 2.22. The summed E-state index contributed by atoms with van der Waals surface area (Å²) in [6.07, 6.45) is 0. The standard InChI is InChI=1S/C15H15BrFN/c1-10-6-7-13(17)12(8-10)9-18-14-5-3-4-11(2)15(14)16/h3-8,18H,9H2,1-2H3. The summed E-state index contributed by atoms with van der Waals surface area (Å²) in [7, 11) is 0. The molecule has 2 aromatic rings. The molecule has 0 atom stereocenters. The van der Waals surface area contributed by atoms with Gasteiger partial charge in [0.05, 0.1) is 0 Å². The predicted molar refractivity (Wildman–Crippen MR) is 77.3 cm³/mol. The van der Waals surface area contributed by atoms with Gasteiger partial charge in [-0.2, -0.15) is 0 Å². The zero-order valence-corrected chi connectivity index (χ0v) is 12.0. The van der Waals surface area contributed by atoms with Crippen molar-refractivity contribution in [3.8, 4) is 0 Å². The van der Waals surface area contributed by atoms with Crippen LogP contribution in [0.5, 0.6) is 0 Å². The van der Waals surface area contributed by atoms with E-state index in [1.54, 1.807) is 6.07 Å². The van der Waals surface area contributed by atoms with Gasteiger partial charge in [-0.05, 0) is 47.5 Å². The van der Waals surface area contributed by atoms with Crippen LogP contribution in [0.1, 0.15) is 16.7 Å². The monoisotopic (exact) mass is 307 g/mol. The highest BCUT2D eigenvalue weighted by Crippen LogP contribution is 2.26. The first-order valence-electron chi connectivity index (χ1n) is 5.82. The molecule has 0 spiro atoms. The van der Waals surface area contributed by atoms with Gasteiger partial charge in [0.2, 0.25) is 0 Å². The molecule has 0 saturated carbocycles. The molecular formula is C15H15BrFN. The van der Waals surface area contributed by atoms with E-state index >= 15 is 0 Å². The number of halogens is 2. The lowest BCUT2D eigenvalue weighted by atomic mass is 10.1. The van der Waals surface area contributed by atoms with Crippen LogP contribution in [0.15, 0.2) is 40.9 Å². The second-order valence-corrected chi connectivity index (χ2v) is 5.18. The van der Waals surface area contributed by atoms with Gasteiger partial charge in [-0.3, -0.25) is 0 Å². The van der Waals surface area contributed by atoms with Crippen LogP contribution >= 0.6 is 15.9 Å². The van der Waals surface area contributed by atoms with Crippen LogP contribution in [0, 0.1) is 19.7 Å². The number of hydrogen-bond donors (Lipinski definition) is 1. The molecule has 0 heterocycles. The average molecular weight is 308 g/mol. The Morgan fingerprint density at radius 3 is 2.72 bits per heavy atom. The fourth-order valence-electron chi connectivity index (χ4n) is 1.81. The third-order valence-electron chi connectivity index (χ3n) is 2.86. The van der Waals surface area contributed by atoms with Gasteiger partial charge in [0.15, 0.2) is 0 Å². The Kier molecular flexibility index (Phi) is 4.02. The first-order valence-corrected chi connectivity index (χ1v) is 6.61. The Morgan fingerprint density at radius 2 is 1.94 bits per heavy atom. The van der Waals surface area contributed by atoms with Crippen molar-refractivity contribution in [2.24, 2.45) is 0 Å². The Bertz CT molecular complexity index is 564. The van der Waals surface area contributed by atoms with E-state index in [-0.39, 0.29) is 5.82 Å². The van der Waals surface area contributed by atoms with Gasteiger partial charge in [-0.15, -0.1) is 0 Å². The van der Waals surface area contributed by atoms with Crippen LogP contribution in [0.2, 0.25) is 0 Å². The molecule has 0 unspecified atom stereocenters. The highest BCUT2D eigenvalue weighted by atomic mass is 79.9. The molecule has 0 aromatic heterocycles. The van der Waals surface area contributed by atoms with E-state index in [9.17, 15) is 4.39 Å². The number of hydrogen-bond acceptors (Lipinski definition) is 1. The first kappa shape index (κ1) is 13.1. The van der Waals surface area contributed by atoms with E-state index in [4.69, 9.17) is 0 Å². The molecule has 0 bridgehead atoms. The summed E-state index contributed by atoms with van der Waals surface area (Å²) in [5.74, 6) is -0.170. The van der Waals surface area contributed by atoms with Gasteiger partial charge in [0, 0.05) is 22.3 Å². The molecule has 94 valence electrons. The van der Waals surface area contributed by atoms with Gasteiger partial charge in [0.25, 0.3) is 0 Å². The van der Waals surface area contributed by atoms with E-state index in [2.05, 4.69) is 21.2 Å². The molecule has 1 N–H and O–H groups in total. The van der Waals surface area contributed by atoms with Gasteiger partial charge in [-0.1, -0.05) is 29.8 Å². The van der Waals surface area contributed by atoms with E-state index in [0.29, 0.717) is 12.1 Å². The minimum atomic E-state index is -0.170. The molecule has 2 rings (SSSR count). The van der Waals surface area contributed by atoms with Gasteiger partial charge in [-0.25, -0.2) is 4.39 Å². The second-order valence-electron chi connectivity index (χ2n) is 4.38. The van der Waals surface area contributed by atoms with Crippen molar-refractivity contribution in [3.63, 3.8) is 0 Å². The third kappa shape index (κ3) is 2.91. The lowest BCUT2D eigenvalue weighted by Gasteiger charge is -2.11. The highest BCUT2D eigenvalue weighted by Gasteiger charge is 2.05. The van der Waals surface area contributed by atoms with E-state index in [1.807, 2.05) is 38.1 Å². The van der Waals surface area contributed by atoms with Crippen molar-refractivity contribution in [2.45, 2.75) is 20.4 Å². The van der Waals surface area contributed by atoms with Gasteiger partial charge < -0.3 is 5.32 Å². The van der Waals surface area contributed by atoms with Gasteiger partial charge >= 0.3 is 0 Å². The normalized spacial score (nSPS) is 10.4. The summed E-state index contributed by atoms with van der Waals surface area (Å²) in [4.78, 5) is 0. The molecule has 3 heteroatoms. The topological polar surface area (TPSA) is 12.0 Å². The van der Waals surface area contributed by atoms with Gasteiger partial charge in [0.1, 0.15) is 5.82 Å². The first-order chi connectivity index (χ1) is 8.58. The lowest BCUT2D eigenvalue weighted by Crippen LogP contribution is -2.03. The van der Waals surface area contributed by atoms with Crippen molar-refractivity contribution >= 4 is 21.6 Å². The third-order valence-corrected chi connectivity index (χ3v) is 3.91. The van der Waals surface area contributed by atoms with Crippen LogP contribution in [-0.4, -0.2) is 0 Å². The Morgan fingerprint density at radius 1 is 1.17 bits per heavy atom. The summed E-state index contributed by atoms with van der Waals surface area (Å²) in [5.41, 5.74) is 3.89. The Hall–Kier alpha value is -1.35. The van der Waals surface area contributed by atoms with Crippen LogP contribution in [0.4, 0.5) is 10.1 Å². The van der Waals surface area contributed by atoms with Crippen LogP contribution in [-0.2, 0) is 6.54 Å². The van der Waals surface area contributed by atoms with E-state index in [1.165, 1.54) is 6.07 Å². The SMILES string of the molecule is Cc1ccc(F)c(CNc2cccc(C)c2Br)c1. The molecule has 0 amide bonds. The van der Waals surface area contributed by atoms with Crippen molar-refractivity contribution in [1.29, 1.82) is 0 Å². The van der Waals surface area contributed by atoms with Crippen molar-refractivity contribution in [2.75, 3.05) is 5.32 Å². The number of rotatable bonds is 3. The summed E-state index contributed by atoms with van der Waals surface area (Å²) in [5, 5.41) is 3.25. The molecule has 0 fully saturated rings. The maximum absolute atomic E-state index is 13.6. The fraction of sp³-hybridized carbons (Fsp3) is 0.200. The summed E-state index contributed by atoms with van der Waals surface area (Å²) in [6.45, 7) is 4.48. The predicted octanol–water partition coefficient (Wildman–Crippen LogP) is 4.82. The zero-order chi connectivity index (χ0) is 13.1. The number of anilines is 1. The summed E-state index contributed by atoms with van der Waals surface area (Å²) >= 11 is 3.53. The second kappa shape index (κ2) is 5.53. The Labute approximate surface area is 115 Å². The van der Waals surface area contributed by atoms with Crippen molar-refractivity contribution < 1.29 is 4.39 Å².